The van der Waals surface area contributed by atoms with Crippen molar-refractivity contribution in [2.45, 2.75) is 13.1 Å². The summed E-state index contributed by atoms with van der Waals surface area (Å²) in [5, 5.41) is 4.04. The molecule has 150 valence electrons. The molecule has 0 bridgehead atoms. The van der Waals surface area contributed by atoms with Gasteiger partial charge < -0.3 is 4.90 Å². The van der Waals surface area contributed by atoms with Gasteiger partial charge in [0.25, 0.3) is 5.91 Å². The number of nitrogens with zero attached hydrogens (tertiary/aromatic N) is 4. The van der Waals surface area contributed by atoms with Crippen LogP contribution >= 0.6 is 0 Å². The van der Waals surface area contributed by atoms with Gasteiger partial charge in [0.1, 0.15) is 18.3 Å². The van der Waals surface area contributed by atoms with E-state index < -0.39 is 23.5 Å². The molecule has 5 nitrogen and oxygen atoms in total. The molecule has 0 N–H and O–H groups in total. The topological polar surface area (TPSA) is 41.4 Å². The average molecular weight is 404 g/mol. The molecule has 9 heteroatoms. The van der Waals surface area contributed by atoms with Crippen LogP contribution in [-0.2, 0) is 13.2 Å². The summed E-state index contributed by atoms with van der Waals surface area (Å²) in [7, 11) is 1.64. The summed E-state index contributed by atoms with van der Waals surface area (Å²) in [6, 6.07) is 8.83. The highest BCUT2D eigenvalue weighted by molar-refractivity contribution is 6.12. The molecule has 0 unspecified atom stereocenters. The summed E-state index contributed by atoms with van der Waals surface area (Å²) in [5.41, 5.74) is 0.515. The molecule has 1 aliphatic heterocycles. The number of carbonyl (C=O) groups excluding carboxylic acids is 1. The predicted octanol–water partition coefficient (Wildman–Crippen LogP) is 4.64. The number of halogens is 4. The molecule has 2 aromatic carbocycles. The average Bonchev–Trinajstić information content (AvgIpc) is 3.07. The van der Waals surface area contributed by atoms with Gasteiger partial charge in [-0.2, -0.15) is 18.3 Å². The molecule has 0 fully saturated rings. The zero-order valence-corrected chi connectivity index (χ0v) is 15.5. The van der Waals surface area contributed by atoms with Crippen LogP contribution in [0, 0.1) is 12.7 Å². The van der Waals surface area contributed by atoms with Gasteiger partial charge in [-0.15, -0.1) is 0 Å². The molecule has 3 aromatic rings. The third kappa shape index (κ3) is 3.22. The minimum atomic E-state index is -4.58. The molecule has 0 radical (unpaired) electrons. The number of alkyl halides is 3. The highest BCUT2D eigenvalue weighted by Gasteiger charge is 2.37. The van der Waals surface area contributed by atoms with Crippen molar-refractivity contribution in [3.63, 3.8) is 0 Å². The number of anilines is 3. The molecule has 1 aromatic heterocycles. The van der Waals surface area contributed by atoms with E-state index in [9.17, 15) is 22.4 Å². The Morgan fingerprint density at radius 3 is 2.34 bits per heavy atom. The molecule has 0 saturated heterocycles. The molecule has 0 spiro atoms. The lowest BCUT2D eigenvalue weighted by atomic mass is 10.0. The fourth-order valence-corrected chi connectivity index (χ4v) is 3.48. The standard InChI is InChI=1S/C20H16F4N4O/c1-12-9-14(21)4-6-16(12)27-11-28(18-7-8-25-26(18)2)19(29)15-10-13(20(22,23)24)3-5-17(15)27/h3-10H,11H2,1-2H3. The predicted molar refractivity (Wildman–Crippen MR) is 99.6 cm³/mol. The van der Waals surface area contributed by atoms with E-state index in [0.29, 0.717) is 22.8 Å². The number of hydrogen-bond donors (Lipinski definition) is 0. The largest absolute Gasteiger partial charge is 0.416 e. The number of fused-ring (bicyclic) bond motifs is 1. The van der Waals surface area contributed by atoms with Crippen LogP contribution in [0.2, 0.25) is 0 Å². The molecule has 29 heavy (non-hydrogen) atoms. The molecular weight excluding hydrogens is 388 g/mol. The quantitative estimate of drug-likeness (QED) is 0.585. The van der Waals surface area contributed by atoms with Crippen LogP contribution in [-0.4, -0.2) is 22.4 Å². The van der Waals surface area contributed by atoms with Gasteiger partial charge in [-0.05, 0) is 48.9 Å². The van der Waals surface area contributed by atoms with Gasteiger partial charge in [-0.1, -0.05) is 0 Å². The van der Waals surface area contributed by atoms with Crippen LogP contribution in [0.3, 0.4) is 0 Å². The van der Waals surface area contributed by atoms with E-state index in [-0.39, 0.29) is 12.2 Å². The number of aromatic nitrogens is 2. The maximum absolute atomic E-state index is 13.6. The van der Waals surface area contributed by atoms with Gasteiger partial charge >= 0.3 is 6.18 Å². The minimum absolute atomic E-state index is 0.0448. The van der Waals surface area contributed by atoms with E-state index in [1.54, 1.807) is 31.0 Å². The summed E-state index contributed by atoms with van der Waals surface area (Å²) in [6.45, 7) is 1.75. The van der Waals surface area contributed by atoms with Crippen LogP contribution in [0.25, 0.3) is 0 Å². The van der Waals surface area contributed by atoms with Gasteiger partial charge in [0, 0.05) is 18.8 Å². The van der Waals surface area contributed by atoms with E-state index in [2.05, 4.69) is 5.10 Å². The smallest absolute Gasteiger partial charge is 0.322 e. The SMILES string of the molecule is Cc1cc(F)ccc1N1CN(c2ccnn2C)C(=O)c2cc(C(F)(F)F)ccc21. The number of aryl methyl sites for hydroxylation is 2. The van der Waals surface area contributed by atoms with E-state index >= 15 is 0 Å². The normalized spacial score (nSPS) is 14.3. The molecule has 4 rings (SSSR count). The molecule has 1 amide bonds. The molecule has 2 heterocycles. The summed E-state index contributed by atoms with van der Waals surface area (Å²) in [4.78, 5) is 16.1. The third-order valence-electron chi connectivity index (χ3n) is 4.89. The lowest BCUT2D eigenvalue weighted by molar-refractivity contribution is -0.137. The number of benzene rings is 2. The first kappa shape index (κ1) is 19.0. The summed E-state index contributed by atoms with van der Waals surface area (Å²) >= 11 is 0. The first-order chi connectivity index (χ1) is 13.7. The van der Waals surface area contributed by atoms with Crippen LogP contribution < -0.4 is 9.80 Å². The van der Waals surface area contributed by atoms with Crippen LogP contribution in [0.5, 0.6) is 0 Å². The Morgan fingerprint density at radius 2 is 1.72 bits per heavy atom. The molecule has 0 saturated carbocycles. The number of carbonyl (C=O) groups is 1. The number of amides is 1. The Hall–Kier alpha value is -3.36. The van der Waals surface area contributed by atoms with Crippen LogP contribution in [0.1, 0.15) is 21.5 Å². The Kier molecular flexibility index (Phi) is 4.33. The van der Waals surface area contributed by atoms with Crippen molar-refractivity contribution in [2.24, 2.45) is 7.05 Å². The van der Waals surface area contributed by atoms with Crippen molar-refractivity contribution in [3.8, 4) is 0 Å². The Morgan fingerprint density at radius 1 is 1.00 bits per heavy atom. The second kappa shape index (κ2) is 6.61. The van der Waals surface area contributed by atoms with E-state index in [1.807, 2.05) is 0 Å². The third-order valence-corrected chi connectivity index (χ3v) is 4.89. The molecular formula is C20H16F4N4O. The van der Waals surface area contributed by atoms with Gasteiger partial charge in [-0.25, -0.2) is 4.39 Å². The number of hydrogen-bond acceptors (Lipinski definition) is 3. The second-order valence-electron chi connectivity index (χ2n) is 6.78. The van der Waals surface area contributed by atoms with Gasteiger partial charge in [-0.3, -0.25) is 14.4 Å². The van der Waals surface area contributed by atoms with Crippen molar-refractivity contribution >= 4 is 23.1 Å². The monoisotopic (exact) mass is 404 g/mol. The molecule has 0 atom stereocenters. The zero-order chi connectivity index (χ0) is 20.9. The minimum Gasteiger partial charge on any atom is -0.322 e. The number of rotatable bonds is 2. The van der Waals surface area contributed by atoms with Crippen LogP contribution in [0.4, 0.5) is 34.8 Å². The summed E-state index contributed by atoms with van der Waals surface area (Å²) < 4.78 is 54.8. The van der Waals surface area contributed by atoms with E-state index in [4.69, 9.17) is 0 Å². The Bertz CT molecular complexity index is 1110. The maximum Gasteiger partial charge on any atom is 0.416 e. The highest BCUT2D eigenvalue weighted by Crippen LogP contribution is 2.40. The van der Waals surface area contributed by atoms with Gasteiger partial charge in [0.2, 0.25) is 0 Å². The first-order valence-electron chi connectivity index (χ1n) is 8.71. The highest BCUT2D eigenvalue weighted by atomic mass is 19.4. The van der Waals surface area contributed by atoms with Crippen molar-refractivity contribution in [1.29, 1.82) is 0 Å². The summed E-state index contributed by atoms with van der Waals surface area (Å²) in [5.74, 6) is -0.552. The van der Waals surface area contributed by atoms with Gasteiger partial charge in [0.15, 0.2) is 0 Å². The zero-order valence-electron chi connectivity index (χ0n) is 15.5. The van der Waals surface area contributed by atoms with Crippen molar-refractivity contribution in [1.82, 2.24) is 9.78 Å². The van der Waals surface area contributed by atoms with Gasteiger partial charge in [0.05, 0.1) is 23.0 Å². The molecule has 0 aliphatic carbocycles. The van der Waals surface area contributed by atoms with E-state index in [1.165, 1.54) is 34.0 Å². The van der Waals surface area contributed by atoms with Crippen molar-refractivity contribution in [2.75, 3.05) is 16.5 Å². The Labute approximate surface area is 163 Å². The fourth-order valence-electron chi connectivity index (χ4n) is 3.48. The Balaban J connectivity index is 1.91. The van der Waals surface area contributed by atoms with Crippen molar-refractivity contribution in [3.05, 3.63) is 71.2 Å². The molecule has 1 aliphatic rings. The fraction of sp³-hybridized carbons (Fsp3) is 0.200. The lowest BCUT2D eigenvalue weighted by Gasteiger charge is -2.38. The maximum atomic E-state index is 13.6. The summed E-state index contributed by atoms with van der Waals surface area (Å²) in [6.07, 6.45) is -3.08. The van der Waals surface area contributed by atoms with Crippen molar-refractivity contribution < 1.29 is 22.4 Å². The van der Waals surface area contributed by atoms with Crippen LogP contribution in [0.15, 0.2) is 48.7 Å². The second-order valence-corrected chi connectivity index (χ2v) is 6.78. The van der Waals surface area contributed by atoms with E-state index in [0.717, 1.165) is 12.1 Å². The first-order valence-corrected chi connectivity index (χ1v) is 8.71. The lowest BCUT2D eigenvalue weighted by Crippen LogP contribution is -2.46.